The second kappa shape index (κ2) is 6.30. The number of rotatable bonds is 5. The number of pyridine rings is 1. The molecule has 0 bridgehead atoms. The summed E-state index contributed by atoms with van der Waals surface area (Å²) >= 11 is 0. The number of hydrogen-bond acceptors (Lipinski definition) is 3. The van der Waals surface area contributed by atoms with Crippen LogP contribution in [0.5, 0.6) is 0 Å². The predicted molar refractivity (Wildman–Crippen MR) is 73.3 cm³/mol. The highest BCUT2D eigenvalue weighted by Gasteiger charge is 2.30. The molecule has 1 aromatic heterocycles. The normalized spacial score (nSPS) is 18.8. The van der Waals surface area contributed by atoms with Gasteiger partial charge in [-0.05, 0) is 31.4 Å². The molecule has 0 amide bonds. The van der Waals surface area contributed by atoms with Crippen LogP contribution in [0.4, 0.5) is 0 Å². The number of aryl methyl sites for hydroxylation is 1. The Hall–Kier alpha value is -0.930. The fraction of sp³-hybridized carbons (Fsp3) is 0.667. The minimum atomic E-state index is 0.121. The van der Waals surface area contributed by atoms with E-state index < -0.39 is 0 Å². The number of hydrogen-bond donors (Lipinski definition) is 2. The Bertz CT molecular complexity index is 355. The lowest BCUT2D eigenvalue weighted by atomic mass is 9.74. The van der Waals surface area contributed by atoms with E-state index in [-0.39, 0.29) is 5.41 Å². The van der Waals surface area contributed by atoms with Gasteiger partial charge in [-0.15, -0.1) is 0 Å². The van der Waals surface area contributed by atoms with Gasteiger partial charge in [0.25, 0.3) is 0 Å². The van der Waals surface area contributed by atoms with Crippen LogP contribution in [-0.2, 0) is 6.54 Å². The molecule has 1 saturated carbocycles. The zero-order chi connectivity index (χ0) is 12.8. The van der Waals surface area contributed by atoms with Gasteiger partial charge in [0.2, 0.25) is 0 Å². The molecule has 0 radical (unpaired) electrons. The summed E-state index contributed by atoms with van der Waals surface area (Å²) in [6.07, 6.45) is 8.08. The Kier molecular flexibility index (Phi) is 4.72. The first-order valence-corrected chi connectivity index (χ1v) is 6.97. The maximum absolute atomic E-state index is 9.62. The van der Waals surface area contributed by atoms with E-state index in [0.717, 1.165) is 31.6 Å². The van der Waals surface area contributed by atoms with Crippen molar-refractivity contribution in [1.29, 1.82) is 0 Å². The summed E-state index contributed by atoms with van der Waals surface area (Å²) in [7, 11) is 0. The van der Waals surface area contributed by atoms with Crippen LogP contribution in [0.25, 0.3) is 0 Å². The fourth-order valence-corrected chi connectivity index (χ4v) is 2.77. The van der Waals surface area contributed by atoms with Crippen LogP contribution in [0.15, 0.2) is 18.3 Å². The molecule has 2 rings (SSSR count). The second-order valence-corrected chi connectivity index (χ2v) is 5.63. The lowest BCUT2D eigenvalue weighted by molar-refractivity contribution is 0.0810. The van der Waals surface area contributed by atoms with Crippen molar-refractivity contribution in [3.05, 3.63) is 29.6 Å². The van der Waals surface area contributed by atoms with Crippen molar-refractivity contribution in [2.75, 3.05) is 13.2 Å². The van der Waals surface area contributed by atoms with Crippen molar-refractivity contribution in [1.82, 2.24) is 10.3 Å². The molecular weight excluding hydrogens is 224 g/mol. The van der Waals surface area contributed by atoms with Crippen LogP contribution in [0.1, 0.15) is 43.4 Å². The average Bonchev–Trinajstić information content (AvgIpc) is 2.42. The fourth-order valence-electron chi connectivity index (χ4n) is 2.77. The summed E-state index contributed by atoms with van der Waals surface area (Å²) < 4.78 is 0. The Balaban J connectivity index is 1.81. The lowest BCUT2D eigenvalue weighted by Gasteiger charge is -2.35. The van der Waals surface area contributed by atoms with Gasteiger partial charge in [-0.1, -0.05) is 25.3 Å². The molecule has 1 aliphatic carbocycles. The summed E-state index contributed by atoms with van der Waals surface area (Å²) in [5.41, 5.74) is 2.39. The number of aromatic nitrogens is 1. The Morgan fingerprint density at radius 2 is 2.06 bits per heavy atom. The van der Waals surface area contributed by atoms with Gasteiger partial charge in [0.15, 0.2) is 0 Å². The zero-order valence-electron chi connectivity index (χ0n) is 11.3. The largest absolute Gasteiger partial charge is 0.396 e. The minimum Gasteiger partial charge on any atom is -0.396 e. The number of aliphatic hydroxyl groups is 1. The quantitative estimate of drug-likeness (QED) is 0.841. The third-order valence-corrected chi connectivity index (χ3v) is 4.05. The van der Waals surface area contributed by atoms with Crippen molar-refractivity contribution in [2.45, 2.75) is 45.6 Å². The van der Waals surface area contributed by atoms with Crippen molar-refractivity contribution in [2.24, 2.45) is 5.41 Å². The molecule has 3 heteroatoms. The summed E-state index contributed by atoms with van der Waals surface area (Å²) in [6, 6.07) is 4.15. The Labute approximate surface area is 110 Å². The molecule has 1 heterocycles. The van der Waals surface area contributed by atoms with E-state index in [4.69, 9.17) is 0 Å². The third-order valence-electron chi connectivity index (χ3n) is 4.05. The third kappa shape index (κ3) is 3.53. The van der Waals surface area contributed by atoms with Crippen molar-refractivity contribution >= 4 is 0 Å². The summed E-state index contributed by atoms with van der Waals surface area (Å²) in [5.74, 6) is 0. The van der Waals surface area contributed by atoms with Crippen LogP contribution in [0.2, 0.25) is 0 Å². The highest BCUT2D eigenvalue weighted by molar-refractivity contribution is 5.12. The van der Waals surface area contributed by atoms with Crippen LogP contribution in [0, 0.1) is 12.3 Å². The molecule has 0 atom stereocenters. The Morgan fingerprint density at radius 1 is 1.28 bits per heavy atom. The standard InChI is InChI=1S/C15H24N2O/c1-13-5-6-14(10-17-13)9-16-11-15(12-18)7-3-2-4-8-15/h5-6,10,16,18H,2-4,7-9,11-12H2,1H3. The molecule has 2 N–H and O–H groups in total. The number of nitrogens with one attached hydrogen (secondary N) is 1. The van der Waals surface area contributed by atoms with E-state index in [1.165, 1.54) is 24.8 Å². The molecule has 0 saturated heterocycles. The lowest BCUT2D eigenvalue weighted by Crippen LogP contribution is -2.38. The van der Waals surface area contributed by atoms with Crippen LogP contribution < -0.4 is 5.32 Å². The number of aliphatic hydroxyl groups excluding tert-OH is 1. The minimum absolute atomic E-state index is 0.121. The van der Waals surface area contributed by atoms with Crippen LogP contribution in [0.3, 0.4) is 0 Å². The molecule has 0 unspecified atom stereocenters. The summed E-state index contributed by atoms with van der Waals surface area (Å²) in [4.78, 5) is 4.29. The first-order chi connectivity index (χ1) is 8.74. The smallest absolute Gasteiger partial charge is 0.0499 e. The first kappa shape index (κ1) is 13.5. The summed E-state index contributed by atoms with van der Waals surface area (Å²) in [5, 5.41) is 13.1. The molecular formula is C15H24N2O. The van der Waals surface area contributed by atoms with E-state index in [0.29, 0.717) is 6.61 Å². The van der Waals surface area contributed by atoms with Crippen molar-refractivity contribution in [3.8, 4) is 0 Å². The highest BCUT2D eigenvalue weighted by atomic mass is 16.3. The maximum Gasteiger partial charge on any atom is 0.0499 e. The topological polar surface area (TPSA) is 45.1 Å². The SMILES string of the molecule is Cc1ccc(CNCC2(CO)CCCCC2)cn1. The molecule has 100 valence electrons. The highest BCUT2D eigenvalue weighted by Crippen LogP contribution is 2.35. The molecule has 1 aliphatic rings. The van der Waals surface area contributed by atoms with Gasteiger partial charge in [0, 0.05) is 37.0 Å². The maximum atomic E-state index is 9.62. The molecule has 18 heavy (non-hydrogen) atoms. The van der Waals surface area contributed by atoms with E-state index in [2.05, 4.69) is 16.4 Å². The van der Waals surface area contributed by atoms with E-state index >= 15 is 0 Å². The zero-order valence-corrected chi connectivity index (χ0v) is 11.3. The van der Waals surface area contributed by atoms with Crippen LogP contribution in [-0.4, -0.2) is 23.2 Å². The van der Waals surface area contributed by atoms with Gasteiger partial charge < -0.3 is 10.4 Å². The van der Waals surface area contributed by atoms with Gasteiger partial charge in [-0.2, -0.15) is 0 Å². The number of nitrogens with zero attached hydrogens (tertiary/aromatic N) is 1. The van der Waals surface area contributed by atoms with Gasteiger partial charge in [-0.25, -0.2) is 0 Å². The second-order valence-electron chi connectivity index (χ2n) is 5.63. The summed E-state index contributed by atoms with van der Waals surface area (Å²) in [6.45, 7) is 4.07. The van der Waals surface area contributed by atoms with Gasteiger partial charge >= 0.3 is 0 Å². The van der Waals surface area contributed by atoms with Crippen molar-refractivity contribution < 1.29 is 5.11 Å². The van der Waals surface area contributed by atoms with E-state index in [9.17, 15) is 5.11 Å². The van der Waals surface area contributed by atoms with Gasteiger partial charge in [0.05, 0.1) is 0 Å². The average molecular weight is 248 g/mol. The monoisotopic (exact) mass is 248 g/mol. The predicted octanol–water partition coefficient (Wildman–Crippen LogP) is 2.42. The van der Waals surface area contributed by atoms with Crippen LogP contribution >= 0.6 is 0 Å². The van der Waals surface area contributed by atoms with E-state index in [1.807, 2.05) is 19.2 Å². The molecule has 1 aromatic rings. The van der Waals surface area contributed by atoms with Gasteiger partial charge in [0.1, 0.15) is 0 Å². The molecule has 0 aromatic carbocycles. The van der Waals surface area contributed by atoms with Crippen molar-refractivity contribution in [3.63, 3.8) is 0 Å². The first-order valence-electron chi connectivity index (χ1n) is 6.97. The molecule has 1 fully saturated rings. The molecule has 0 spiro atoms. The van der Waals surface area contributed by atoms with E-state index in [1.54, 1.807) is 0 Å². The Morgan fingerprint density at radius 3 is 2.67 bits per heavy atom. The molecule has 0 aliphatic heterocycles. The van der Waals surface area contributed by atoms with Gasteiger partial charge in [-0.3, -0.25) is 4.98 Å². The molecule has 3 nitrogen and oxygen atoms in total.